The van der Waals surface area contributed by atoms with Gasteiger partial charge < -0.3 is 5.73 Å². The maximum absolute atomic E-state index is 5.78. The molecule has 2 unspecified atom stereocenters. The Morgan fingerprint density at radius 1 is 1.67 bits per heavy atom. The van der Waals surface area contributed by atoms with Gasteiger partial charge in [-0.1, -0.05) is 0 Å². The minimum atomic E-state index is -0.0128. The molecule has 1 aliphatic heterocycles. The lowest BCUT2D eigenvalue weighted by atomic mass is 10.1. The Morgan fingerprint density at radius 3 is 2.78 bits per heavy atom. The van der Waals surface area contributed by atoms with Crippen LogP contribution in [0.1, 0.15) is 19.8 Å². The Kier molecular flexibility index (Phi) is 1.96. The first kappa shape index (κ1) is 6.87. The Bertz CT molecular complexity index is 133. The quantitative estimate of drug-likeness (QED) is 0.512. The molecule has 0 saturated heterocycles. The number of nitrogens with zero attached hydrogens (tertiary/aromatic N) is 1. The van der Waals surface area contributed by atoms with E-state index in [1.165, 1.54) is 0 Å². The number of hydrogen-bond acceptors (Lipinski definition) is 2. The number of amidine groups is 1. The van der Waals surface area contributed by atoms with Crippen LogP contribution in [0, 0.1) is 0 Å². The summed E-state index contributed by atoms with van der Waals surface area (Å²) in [6.45, 7) is 2.05. The smallest absolute Gasteiger partial charge is 0.112 e. The molecule has 1 aliphatic rings. The topological polar surface area (TPSA) is 38.4 Å². The number of alkyl halides is 1. The van der Waals surface area contributed by atoms with Gasteiger partial charge in [-0.3, -0.25) is 4.99 Å². The largest absolute Gasteiger partial charge is 0.386 e. The van der Waals surface area contributed by atoms with Gasteiger partial charge in [-0.05, 0) is 19.8 Å². The van der Waals surface area contributed by atoms with Crippen LogP contribution in [0.25, 0.3) is 0 Å². The lowest BCUT2D eigenvalue weighted by Gasteiger charge is -2.18. The third kappa shape index (κ3) is 1.58. The molecule has 2 nitrogen and oxygen atoms in total. The molecule has 2 N–H and O–H groups in total. The first-order valence-electron chi connectivity index (χ1n) is 3.17. The van der Waals surface area contributed by atoms with Crippen LogP contribution in [0.5, 0.6) is 0 Å². The maximum Gasteiger partial charge on any atom is 0.112 e. The van der Waals surface area contributed by atoms with Crippen molar-refractivity contribution in [1.29, 1.82) is 0 Å². The number of aliphatic imine (C=N–C) groups is 1. The van der Waals surface area contributed by atoms with E-state index in [0.717, 1.165) is 12.8 Å². The maximum atomic E-state index is 5.78. The van der Waals surface area contributed by atoms with E-state index in [2.05, 4.69) is 11.9 Å². The zero-order chi connectivity index (χ0) is 6.85. The number of rotatable bonds is 0. The zero-order valence-corrected chi connectivity index (χ0v) is 6.23. The summed E-state index contributed by atoms with van der Waals surface area (Å²) in [5.74, 6) is 0.607. The predicted molar refractivity (Wildman–Crippen MR) is 40.0 cm³/mol. The molecular formula is C6H11ClN2. The van der Waals surface area contributed by atoms with Crippen LogP contribution in [0.3, 0.4) is 0 Å². The van der Waals surface area contributed by atoms with E-state index in [4.69, 9.17) is 17.3 Å². The van der Waals surface area contributed by atoms with Crippen molar-refractivity contribution in [3.8, 4) is 0 Å². The summed E-state index contributed by atoms with van der Waals surface area (Å²) in [7, 11) is 0. The molecule has 0 spiro atoms. The second kappa shape index (κ2) is 2.56. The van der Waals surface area contributed by atoms with Gasteiger partial charge in [-0.15, -0.1) is 11.6 Å². The molecule has 9 heavy (non-hydrogen) atoms. The lowest BCUT2D eigenvalue weighted by Crippen LogP contribution is -2.30. The fraction of sp³-hybridized carbons (Fsp3) is 0.833. The van der Waals surface area contributed by atoms with Crippen LogP contribution in [0.2, 0.25) is 0 Å². The second-order valence-corrected chi connectivity index (χ2v) is 2.97. The van der Waals surface area contributed by atoms with Crippen LogP contribution in [-0.4, -0.2) is 17.3 Å². The summed E-state index contributed by atoms with van der Waals surface area (Å²) in [6, 6.07) is 0.375. The normalized spacial score (nSPS) is 36.0. The summed E-state index contributed by atoms with van der Waals surface area (Å²) >= 11 is 5.78. The van der Waals surface area contributed by atoms with E-state index >= 15 is 0 Å². The van der Waals surface area contributed by atoms with Crippen molar-refractivity contribution < 1.29 is 0 Å². The van der Waals surface area contributed by atoms with E-state index in [1.807, 2.05) is 0 Å². The molecule has 0 bridgehead atoms. The van der Waals surface area contributed by atoms with E-state index in [9.17, 15) is 0 Å². The lowest BCUT2D eigenvalue weighted by molar-refractivity contribution is 0.610. The first-order valence-corrected chi connectivity index (χ1v) is 3.61. The molecule has 1 heterocycles. The summed E-state index contributed by atoms with van der Waals surface area (Å²) < 4.78 is 0. The van der Waals surface area contributed by atoms with Crippen LogP contribution < -0.4 is 5.73 Å². The molecule has 0 aromatic rings. The first-order chi connectivity index (χ1) is 4.20. The number of hydrogen-bond donors (Lipinski definition) is 1. The fourth-order valence-electron chi connectivity index (χ4n) is 0.935. The molecule has 0 fully saturated rings. The molecule has 0 aromatic heterocycles. The van der Waals surface area contributed by atoms with Crippen molar-refractivity contribution in [2.45, 2.75) is 31.2 Å². The second-order valence-electron chi connectivity index (χ2n) is 2.45. The fourth-order valence-corrected chi connectivity index (χ4v) is 1.12. The van der Waals surface area contributed by atoms with E-state index in [-0.39, 0.29) is 5.38 Å². The highest BCUT2D eigenvalue weighted by Crippen LogP contribution is 2.15. The molecule has 0 aromatic carbocycles. The van der Waals surface area contributed by atoms with E-state index < -0.39 is 0 Å². The minimum absolute atomic E-state index is 0.0128. The highest BCUT2D eigenvalue weighted by molar-refractivity contribution is 6.31. The highest BCUT2D eigenvalue weighted by atomic mass is 35.5. The summed E-state index contributed by atoms with van der Waals surface area (Å²) in [5, 5.41) is -0.0128. The minimum Gasteiger partial charge on any atom is -0.386 e. The average Bonchev–Trinajstić information content (AvgIpc) is 1.80. The van der Waals surface area contributed by atoms with Gasteiger partial charge in [0.25, 0.3) is 0 Å². The Hall–Kier alpha value is -0.240. The van der Waals surface area contributed by atoms with Gasteiger partial charge in [-0.2, -0.15) is 0 Å². The van der Waals surface area contributed by atoms with Gasteiger partial charge in [0, 0.05) is 6.04 Å². The third-order valence-corrected chi connectivity index (χ3v) is 1.97. The van der Waals surface area contributed by atoms with Gasteiger partial charge in [0.15, 0.2) is 0 Å². The van der Waals surface area contributed by atoms with Crippen LogP contribution >= 0.6 is 11.6 Å². The number of nitrogens with two attached hydrogens (primary N) is 1. The average molecular weight is 147 g/mol. The summed E-state index contributed by atoms with van der Waals surface area (Å²) in [6.07, 6.45) is 2.03. The van der Waals surface area contributed by atoms with Gasteiger partial charge >= 0.3 is 0 Å². The standard InChI is InChI=1S/C6H11ClN2/c1-4-2-3-5(7)6(8)9-4/h4-5H,2-3H2,1H3,(H2,8,9). The van der Waals surface area contributed by atoms with Crippen molar-refractivity contribution >= 4 is 17.4 Å². The third-order valence-electron chi connectivity index (χ3n) is 1.53. The van der Waals surface area contributed by atoms with E-state index in [1.54, 1.807) is 0 Å². The molecular weight excluding hydrogens is 136 g/mol. The SMILES string of the molecule is CC1CCC(Cl)C(N)=N1. The Balaban J connectivity index is 2.61. The van der Waals surface area contributed by atoms with Crippen LogP contribution in [0.4, 0.5) is 0 Å². The summed E-state index contributed by atoms with van der Waals surface area (Å²) in [4.78, 5) is 4.13. The van der Waals surface area contributed by atoms with E-state index in [0.29, 0.717) is 11.9 Å². The molecule has 0 saturated carbocycles. The molecule has 0 radical (unpaired) electrons. The zero-order valence-electron chi connectivity index (χ0n) is 5.47. The molecule has 52 valence electrons. The van der Waals surface area contributed by atoms with Crippen LogP contribution in [-0.2, 0) is 0 Å². The van der Waals surface area contributed by atoms with Gasteiger partial charge in [0.2, 0.25) is 0 Å². The Morgan fingerprint density at radius 2 is 2.33 bits per heavy atom. The molecule has 0 aliphatic carbocycles. The van der Waals surface area contributed by atoms with Gasteiger partial charge in [-0.25, -0.2) is 0 Å². The van der Waals surface area contributed by atoms with Gasteiger partial charge in [0.1, 0.15) is 5.84 Å². The van der Waals surface area contributed by atoms with Crippen molar-refractivity contribution in [3.05, 3.63) is 0 Å². The molecule has 3 heteroatoms. The van der Waals surface area contributed by atoms with Crippen molar-refractivity contribution in [1.82, 2.24) is 0 Å². The highest BCUT2D eigenvalue weighted by Gasteiger charge is 2.16. The van der Waals surface area contributed by atoms with Gasteiger partial charge in [0.05, 0.1) is 5.38 Å². The predicted octanol–water partition coefficient (Wildman–Crippen LogP) is 1.13. The molecule has 2 atom stereocenters. The summed E-state index contributed by atoms with van der Waals surface area (Å²) in [5.41, 5.74) is 5.49. The molecule has 0 amide bonds. The molecule has 1 rings (SSSR count). The number of halogens is 1. The monoisotopic (exact) mass is 146 g/mol. The van der Waals surface area contributed by atoms with Crippen LogP contribution in [0.15, 0.2) is 4.99 Å². The van der Waals surface area contributed by atoms with Crippen molar-refractivity contribution in [3.63, 3.8) is 0 Å². The van der Waals surface area contributed by atoms with Crippen molar-refractivity contribution in [2.75, 3.05) is 0 Å². The Labute approximate surface area is 60.1 Å². The van der Waals surface area contributed by atoms with Crippen molar-refractivity contribution in [2.24, 2.45) is 10.7 Å².